The Hall–Kier alpha value is -1.86. The Balaban J connectivity index is 0.00000363. The molecule has 9 nitrogen and oxygen atoms in total. The Kier molecular flexibility index (Phi) is 8.94. The number of carboxylic acids is 1. The maximum Gasteiger partial charge on any atom is 1.00 e. The summed E-state index contributed by atoms with van der Waals surface area (Å²) in [6.07, 6.45) is 1.44. The van der Waals surface area contributed by atoms with Gasteiger partial charge in [0.2, 0.25) is 0 Å². The van der Waals surface area contributed by atoms with Crippen molar-refractivity contribution in [1.82, 2.24) is 0 Å². The van der Waals surface area contributed by atoms with Crippen LogP contribution in [0.3, 0.4) is 0 Å². The van der Waals surface area contributed by atoms with Crippen LogP contribution in [-0.4, -0.2) is 48.8 Å². The summed E-state index contributed by atoms with van der Waals surface area (Å²) in [4.78, 5) is 26.2. The molecular formula is C21H20KN3O6S. The van der Waals surface area contributed by atoms with E-state index in [1.54, 1.807) is 12.1 Å². The zero-order valence-corrected chi connectivity index (χ0v) is 21.8. The van der Waals surface area contributed by atoms with Crippen LogP contribution in [0, 0.1) is 0 Å². The molecule has 0 aromatic heterocycles. The van der Waals surface area contributed by atoms with E-state index in [2.05, 4.69) is 10.0 Å². The van der Waals surface area contributed by atoms with E-state index in [9.17, 15) is 27.7 Å². The molecule has 0 saturated heterocycles. The monoisotopic (exact) mass is 481 g/mol. The molecule has 162 valence electrons. The zero-order valence-electron chi connectivity index (χ0n) is 17.8. The average molecular weight is 482 g/mol. The van der Waals surface area contributed by atoms with Crippen LogP contribution in [0.2, 0.25) is 0 Å². The summed E-state index contributed by atoms with van der Waals surface area (Å²) in [6.45, 7) is 5.76. The number of nitrogens with zero attached hydrogens (tertiary/aromatic N) is 3. The van der Waals surface area contributed by atoms with Crippen molar-refractivity contribution >= 4 is 45.2 Å². The maximum atomic E-state index is 12.9. The van der Waals surface area contributed by atoms with E-state index in [4.69, 9.17) is 0 Å². The molecule has 2 aromatic carbocycles. The van der Waals surface area contributed by atoms with Crippen LogP contribution in [0.25, 0.3) is 6.08 Å². The van der Waals surface area contributed by atoms with Crippen LogP contribution >= 0.6 is 0 Å². The SMILES string of the molecule is CCN(CC)c1ccc(/C=C2\C(=O)N(c3ccc(S(=O)(=O)[O-])cc3)N=C2C(=O)O)cc1.[K+]. The van der Waals surface area contributed by atoms with Gasteiger partial charge in [0, 0.05) is 18.8 Å². The van der Waals surface area contributed by atoms with Gasteiger partial charge in [0.15, 0.2) is 5.71 Å². The van der Waals surface area contributed by atoms with Gasteiger partial charge in [-0.2, -0.15) is 10.1 Å². The van der Waals surface area contributed by atoms with Gasteiger partial charge in [-0.15, -0.1) is 0 Å². The molecule has 32 heavy (non-hydrogen) atoms. The number of hydrogen-bond acceptors (Lipinski definition) is 7. The number of benzene rings is 2. The van der Waals surface area contributed by atoms with Crippen LogP contribution < -0.4 is 61.3 Å². The predicted molar refractivity (Wildman–Crippen MR) is 115 cm³/mol. The Bertz CT molecular complexity index is 1170. The molecular weight excluding hydrogens is 461 g/mol. The number of aliphatic carboxylic acids is 1. The largest absolute Gasteiger partial charge is 1.00 e. The molecule has 0 saturated carbocycles. The molecule has 1 aliphatic rings. The Morgan fingerprint density at radius 3 is 2.12 bits per heavy atom. The van der Waals surface area contributed by atoms with E-state index < -0.39 is 32.6 Å². The van der Waals surface area contributed by atoms with E-state index in [0.29, 0.717) is 5.56 Å². The summed E-state index contributed by atoms with van der Waals surface area (Å²) in [7, 11) is -4.64. The van der Waals surface area contributed by atoms with Crippen molar-refractivity contribution in [3.05, 3.63) is 59.7 Å². The number of carbonyl (C=O) groups excluding carboxylic acids is 1. The Morgan fingerprint density at radius 2 is 1.66 bits per heavy atom. The van der Waals surface area contributed by atoms with Crippen molar-refractivity contribution in [3.63, 3.8) is 0 Å². The molecule has 0 aliphatic carbocycles. The predicted octanol–water partition coefficient (Wildman–Crippen LogP) is -0.688. The molecule has 1 heterocycles. The normalized spacial score (nSPS) is 14.8. The molecule has 0 radical (unpaired) electrons. The maximum absolute atomic E-state index is 12.9. The number of hydrazone groups is 1. The summed E-state index contributed by atoms with van der Waals surface area (Å²) >= 11 is 0. The smallest absolute Gasteiger partial charge is 0.744 e. The fourth-order valence-corrected chi connectivity index (χ4v) is 3.64. The van der Waals surface area contributed by atoms with Gasteiger partial charge in [0.25, 0.3) is 5.91 Å². The minimum absolute atomic E-state index is 0. The van der Waals surface area contributed by atoms with Gasteiger partial charge in [-0.05, 0) is 61.9 Å². The molecule has 0 unspecified atom stereocenters. The second kappa shape index (κ2) is 10.8. The van der Waals surface area contributed by atoms with E-state index in [1.165, 1.54) is 18.2 Å². The summed E-state index contributed by atoms with van der Waals surface area (Å²) in [5, 5.41) is 14.2. The van der Waals surface area contributed by atoms with Crippen LogP contribution in [0.1, 0.15) is 19.4 Å². The van der Waals surface area contributed by atoms with Gasteiger partial charge in [0.05, 0.1) is 16.2 Å². The van der Waals surface area contributed by atoms with Crippen molar-refractivity contribution in [2.75, 3.05) is 23.0 Å². The van der Waals surface area contributed by atoms with E-state index in [1.807, 2.05) is 26.0 Å². The molecule has 1 N–H and O–H groups in total. The van der Waals surface area contributed by atoms with Crippen molar-refractivity contribution in [3.8, 4) is 0 Å². The number of carbonyl (C=O) groups is 2. The van der Waals surface area contributed by atoms with E-state index >= 15 is 0 Å². The Morgan fingerprint density at radius 1 is 1.09 bits per heavy atom. The fraction of sp³-hybridized carbons (Fsp3) is 0.190. The van der Waals surface area contributed by atoms with Crippen molar-refractivity contribution in [1.29, 1.82) is 0 Å². The second-order valence-electron chi connectivity index (χ2n) is 6.64. The van der Waals surface area contributed by atoms with Crippen LogP contribution in [0.15, 0.2) is 64.1 Å². The first-order chi connectivity index (χ1) is 14.7. The van der Waals surface area contributed by atoms with Gasteiger partial charge < -0.3 is 14.6 Å². The quantitative estimate of drug-likeness (QED) is 0.315. The van der Waals surface area contributed by atoms with Crippen molar-refractivity contribution in [2.24, 2.45) is 5.10 Å². The minimum atomic E-state index is -4.64. The van der Waals surface area contributed by atoms with E-state index in [-0.39, 0.29) is 62.6 Å². The van der Waals surface area contributed by atoms with Gasteiger partial charge in [0.1, 0.15) is 10.1 Å². The topological polar surface area (TPSA) is 130 Å². The minimum Gasteiger partial charge on any atom is -0.744 e. The number of amides is 1. The zero-order chi connectivity index (χ0) is 22.8. The first-order valence-corrected chi connectivity index (χ1v) is 10.9. The summed E-state index contributed by atoms with van der Waals surface area (Å²) in [5.41, 5.74) is 1.23. The molecule has 0 bridgehead atoms. The molecule has 3 rings (SSSR count). The number of rotatable bonds is 7. The molecule has 2 aromatic rings. The molecule has 1 aliphatic heterocycles. The molecule has 1 amide bonds. The van der Waals surface area contributed by atoms with Crippen LogP contribution in [0.5, 0.6) is 0 Å². The van der Waals surface area contributed by atoms with Gasteiger partial charge in [-0.25, -0.2) is 13.2 Å². The third-order valence-electron chi connectivity index (χ3n) is 4.78. The molecule has 11 heteroatoms. The van der Waals surface area contributed by atoms with Crippen LogP contribution in [0.4, 0.5) is 11.4 Å². The number of anilines is 2. The van der Waals surface area contributed by atoms with Crippen molar-refractivity contribution < 1.29 is 79.1 Å². The molecule has 0 spiro atoms. The first-order valence-electron chi connectivity index (χ1n) is 9.45. The third-order valence-corrected chi connectivity index (χ3v) is 5.63. The van der Waals surface area contributed by atoms with Gasteiger partial charge in [-0.3, -0.25) is 4.79 Å². The Labute approximate surface area is 228 Å². The first kappa shape index (κ1) is 26.4. The van der Waals surface area contributed by atoms with Crippen molar-refractivity contribution in [2.45, 2.75) is 18.7 Å². The molecule has 0 atom stereocenters. The standard InChI is InChI=1S/C21H21N3O6S.K/c1-3-23(4-2)15-7-5-14(6-8-15)13-18-19(21(26)27)22-24(20(18)25)16-9-11-17(12-10-16)31(28,29)30;/h5-13H,3-4H2,1-2H3,(H,26,27)(H,28,29,30);/q;+1/p-1/b18-13-;. The number of carboxylic acid groups (broad SMARTS) is 1. The average Bonchev–Trinajstić information content (AvgIpc) is 3.06. The third kappa shape index (κ3) is 5.73. The molecule has 0 fully saturated rings. The summed E-state index contributed by atoms with van der Waals surface area (Å²) in [5.74, 6) is -2.05. The fourth-order valence-electron chi connectivity index (χ4n) is 3.17. The van der Waals surface area contributed by atoms with Crippen LogP contribution in [-0.2, 0) is 19.7 Å². The number of hydrogen-bond donors (Lipinski definition) is 1. The summed E-state index contributed by atoms with van der Waals surface area (Å²) < 4.78 is 33.2. The van der Waals surface area contributed by atoms with E-state index in [0.717, 1.165) is 35.9 Å². The second-order valence-corrected chi connectivity index (χ2v) is 8.02. The van der Waals surface area contributed by atoms with Gasteiger partial charge >= 0.3 is 57.4 Å². The van der Waals surface area contributed by atoms with Gasteiger partial charge in [-0.1, -0.05) is 12.1 Å². The summed E-state index contributed by atoms with van der Waals surface area (Å²) in [6, 6.07) is 11.8.